The second-order valence-corrected chi connectivity index (χ2v) is 11.9. The molecule has 0 radical (unpaired) electrons. The van der Waals surface area contributed by atoms with Crippen LogP contribution in [-0.2, 0) is 19.1 Å². The number of amides is 6. The van der Waals surface area contributed by atoms with Crippen LogP contribution in [0.25, 0.3) is 0 Å². The van der Waals surface area contributed by atoms with Gasteiger partial charge in [-0.25, -0.2) is 19.3 Å². The smallest absolute Gasteiger partial charge is 0.330 e. The van der Waals surface area contributed by atoms with Gasteiger partial charge < -0.3 is 30.5 Å². The van der Waals surface area contributed by atoms with Crippen molar-refractivity contribution in [1.82, 2.24) is 30.7 Å². The topological polar surface area (TPSA) is 140 Å². The largest absolute Gasteiger partial charge is 0.463 e. The highest BCUT2D eigenvalue weighted by atomic mass is 32.2. The Morgan fingerprint density at radius 3 is 2.49 bits per heavy atom. The van der Waals surface area contributed by atoms with E-state index in [2.05, 4.69) is 20.9 Å². The molecule has 0 spiro atoms. The minimum absolute atomic E-state index is 0.185. The Hall–Kier alpha value is -3.32. The first kappa shape index (κ1) is 28.7. The molecule has 13 heteroatoms. The summed E-state index contributed by atoms with van der Waals surface area (Å²) < 4.78 is 4.93. The van der Waals surface area contributed by atoms with Crippen molar-refractivity contribution in [1.29, 1.82) is 0 Å². The van der Waals surface area contributed by atoms with Crippen LogP contribution in [0.15, 0.2) is 30.3 Å². The molecule has 0 aromatic heterocycles. The highest BCUT2D eigenvalue weighted by Gasteiger charge is 2.64. The molecule has 3 N–H and O–H groups in total. The Labute approximate surface area is 232 Å². The van der Waals surface area contributed by atoms with E-state index < -0.39 is 52.2 Å². The van der Waals surface area contributed by atoms with E-state index in [1.165, 1.54) is 16.7 Å². The lowest BCUT2D eigenvalue weighted by Gasteiger charge is -2.44. The van der Waals surface area contributed by atoms with E-state index in [1.807, 2.05) is 27.7 Å². The van der Waals surface area contributed by atoms with Gasteiger partial charge in [0.2, 0.25) is 11.8 Å². The Morgan fingerprint density at radius 1 is 1.18 bits per heavy atom. The summed E-state index contributed by atoms with van der Waals surface area (Å²) in [5.74, 6) is -1.43. The van der Waals surface area contributed by atoms with E-state index >= 15 is 0 Å². The van der Waals surface area contributed by atoms with E-state index in [1.54, 1.807) is 30.3 Å². The quantitative estimate of drug-likeness (QED) is 0.283. The molecule has 3 fully saturated rings. The zero-order chi connectivity index (χ0) is 28.3. The molecule has 212 valence electrons. The molecule has 3 heterocycles. The monoisotopic (exact) mass is 560 g/mol. The zero-order valence-electron chi connectivity index (χ0n) is 22.6. The number of ether oxygens (including phenoxy) is 1. The van der Waals surface area contributed by atoms with Crippen molar-refractivity contribution in [2.45, 2.75) is 55.9 Å². The van der Waals surface area contributed by atoms with Crippen molar-refractivity contribution < 1.29 is 28.7 Å². The molecule has 12 nitrogen and oxygen atoms in total. The molecular formula is C26H36N6O6S. The normalized spacial score (nSPS) is 24.1. The van der Waals surface area contributed by atoms with Gasteiger partial charge in [-0.1, -0.05) is 44.2 Å². The number of hydrogen-bond donors (Lipinski definition) is 3. The molecule has 1 unspecified atom stereocenters. The average Bonchev–Trinajstić information content (AvgIpc) is 3.46. The van der Waals surface area contributed by atoms with E-state index in [-0.39, 0.29) is 19.1 Å². The average molecular weight is 561 g/mol. The van der Waals surface area contributed by atoms with Crippen LogP contribution in [-0.4, -0.2) is 106 Å². The summed E-state index contributed by atoms with van der Waals surface area (Å²) in [5.41, 5.74) is 0.501. The molecule has 0 aliphatic carbocycles. The number of β-lactam (4-membered cyclic amide) rings is 1. The van der Waals surface area contributed by atoms with Crippen molar-refractivity contribution in [3.63, 3.8) is 0 Å². The Balaban J connectivity index is 1.43. The molecule has 3 saturated heterocycles. The lowest BCUT2D eigenvalue weighted by Crippen LogP contribution is -2.71. The summed E-state index contributed by atoms with van der Waals surface area (Å²) in [6.45, 7) is 10.9. The summed E-state index contributed by atoms with van der Waals surface area (Å²) in [6.07, 6.45) is 0. The maximum atomic E-state index is 13.4. The first-order valence-electron chi connectivity index (χ1n) is 13.2. The molecular weight excluding hydrogens is 524 g/mol. The predicted molar refractivity (Wildman–Crippen MR) is 145 cm³/mol. The van der Waals surface area contributed by atoms with Crippen molar-refractivity contribution in [3.8, 4) is 0 Å². The van der Waals surface area contributed by atoms with Gasteiger partial charge in [0.05, 0.1) is 0 Å². The number of fused-ring (bicyclic) bond motifs is 1. The van der Waals surface area contributed by atoms with Crippen LogP contribution in [0, 0.1) is 0 Å². The minimum atomic E-state index is -1.13. The molecule has 39 heavy (non-hydrogen) atoms. The SMILES string of the molecule is CCN(CC)CCOC(=O)[C@@H]1N2C(=O)[C@@H](NC(=O)C(NC(=O)N3CCNC3=O)c3ccccc3)[C@H]2SC1(C)C. The number of rotatable bonds is 10. The lowest BCUT2D eigenvalue weighted by atomic mass is 9.95. The number of thioether (sulfide) groups is 1. The van der Waals surface area contributed by atoms with Crippen molar-refractivity contribution in [3.05, 3.63) is 35.9 Å². The number of hydrogen-bond acceptors (Lipinski definition) is 8. The summed E-state index contributed by atoms with van der Waals surface area (Å²) in [7, 11) is 0. The molecule has 6 amide bonds. The summed E-state index contributed by atoms with van der Waals surface area (Å²) in [5, 5.41) is 7.49. The van der Waals surface area contributed by atoms with Crippen molar-refractivity contribution in [2.75, 3.05) is 39.3 Å². The van der Waals surface area contributed by atoms with Crippen LogP contribution in [0.4, 0.5) is 9.59 Å². The number of benzene rings is 1. The molecule has 1 aromatic rings. The van der Waals surface area contributed by atoms with Gasteiger partial charge in [0.25, 0.3) is 0 Å². The maximum Gasteiger partial charge on any atom is 0.330 e. The number of nitrogens with one attached hydrogen (secondary N) is 3. The standard InChI is InChI=1S/C26H36N6O6S/c1-5-30(6-2)14-15-38-23(35)19-26(3,4)39-22-18(21(34)32(19)22)28-20(33)17(16-10-8-7-9-11-16)29-25(37)31-13-12-27-24(31)36/h7-11,17-19,22H,5-6,12-15H2,1-4H3,(H,27,36)(H,28,33)(H,29,37)/t17?,18-,19+,22-/m1/s1. The molecule has 1 aromatic carbocycles. The predicted octanol–water partition coefficient (Wildman–Crippen LogP) is 0.895. The molecule has 0 bridgehead atoms. The molecule has 4 rings (SSSR count). The number of imide groups is 1. The number of likely N-dealkylation sites (N-methyl/N-ethyl adjacent to an activating group) is 1. The fourth-order valence-corrected chi connectivity index (χ4v) is 6.69. The minimum Gasteiger partial charge on any atom is -0.463 e. The van der Waals surface area contributed by atoms with Crippen LogP contribution < -0.4 is 16.0 Å². The number of carbonyl (C=O) groups excluding carboxylic acids is 5. The Bertz CT molecular complexity index is 1110. The van der Waals surface area contributed by atoms with Crippen LogP contribution >= 0.6 is 11.8 Å². The summed E-state index contributed by atoms with van der Waals surface area (Å²) in [4.78, 5) is 69.0. The molecule has 0 saturated carbocycles. The summed E-state index contributed by atoms with van der Waals surface area (Å²) in [6, 6.07) is 4.58. The van der Waals surface area contributed by atoms with Gasteiger partial charge in [-0.15, -0.1) is 11.8 Å². The maximum absolute atomic E-state index is 13.4. The third-order valence-electron chi connectivity index (χ3n) is 7.27. The number of urea groups is 2. The summed E-state index contributed by atoms with van der Waals surface area (Å²) >= 11 is 1.43. The van der Waals surface area contributed by atoms with Gasteiger partial charge in [-0.3, -0.25) is 9.59 Å². The Kier molecular flexibility index (Phi) is 8.70. The van der Waals surface area contributed by atoms with Crippen molar-refractivity contribution in [2.24, 2.45) is 0 Å². The first-order valence-corrected chi connectivity index (χ1v) is 14.1. The van der Waals surface area contributed by atoms with Gasteiger partial charge in [-0.2, -0.15) is 0 Å². The van der Waals surface area contributed by atoms with E-state index in [0.717, 1.165) is 18.0 Å². The van der Waals surface area contributed by atoms with Crippen LogP contribution in [0.1, 0.15) is 39.3 Å². The third-order valence-corrected chi connectivity index (χ3v) is 8.84. The van der Waals surface area contributed by atoms with Gasteiger partial charge in [0.15, 0.2) is 0 Å². The van der Waals surface area contributed by atoms with E-state index in [0.29, 0.717) is 18.7 Å². The number of carbonyl (C=O) groups is 5. The van der Waals surface area contributed by atoms with E-state index in [4.69, 9.17) is 4.74 Å². The van der Waals surface area contributed by atoms with Crippen LogP contribution in [0.3, 0.4) is 0 Å². The van der Waals surface area contributed by atoms with Crippen LogP contribution in [0.2, 0.25) is 0 Å². The lowest BCUT2D eigenvalue weighted by molar-refractivity contribution is -0.164. The number of esters is 1. The third kappa shape index (κ3) is 5.83. The molecule has 3 aliphatic rings. The zero-order valence-corrected chi connectivity index (χ0v) is 23.5. The van der Waals surface area contributed by atoms with Crippen LogP contribution in [0.5, 0.6) is 0 Å². The fourth-order valence-electron chi connectivity index (χ4n) is 5.07. The highest BCUT2D eigenvalue weighted by Crippen LogP contribution is 2.51. The van der Waals surface area contributed by atoms with Gasteiger partial charge >= 0.3 is 18.0 Å². The van der Waals surface area contributed by atoms with Gasteiger partial charge in [-0.05, 0) is 32.5 Å². The van der Waals surface area contributed by atoms with Gasteiger partial charge in [0, 0.05) is 24.4 Å². The van der Waals surface area contributed by atoms with Crippen molar-refractivity contribution >= 4 is 41.6 Å². The Morgan fingerprint density at radius 2 is 1.87 bits per heavy atom. The highest BCUT2D eigenvalue weighted by molar-refractivity contribution is 8.01. The molecule has 3 aliphatic heterocycles. The molecule has 4 atom stereocenters. The van der Waals surface area contributed by atoms with E-state index in [9.17, 15) is 24.0 Å². The second kappa shape index (κ2) is 11.8. The van der Waals surface area contributed by atoms with Gasteiger partial charge in [0.1, 0.15) is 30.1 Å². The number of nitrogens with zero attached hydrogens (tertiary/aromatic N) is 3. The fraction of sp³-hybridized carbons (Fsp3) is 0.577. The first-order chi connectivity index (χ1) is 18.6. The second-order valence-electron chi connectivity index (χ2n) is 10.1.